The van der Waals surface area contributed by atoms with E-state index in [2.05, 4.69) is 12.2 Å². The number of fused-ring (bicyclic) bond motifs is 1. The van der Waals surface area contributed by atoms with Crippen LogP contribution in [0.1, 0.15) is 29.4 Å². The molecule has 1 aromatic heterocycles. The van der Waals surface area contributed by atoms with Crippen molar-refractivity contribution in [2.75, 3.05) is 12.3 Å². The Morgan fingerprint density at radius 1 is 1.44 bits per heavy atom. The number of carbonyl (C=O) groups is 1. The van der Waals surface area contributed by atoms with Gasteiger partial charge >= 0.3 is 0 Å². The Morgan fingerprint density at radius 2 is 2.22 bits per heavy atom. The Labute approximate surface area is 110 Å². The maximum absolute atomic E-state index is 12.0. The van der Waals surface area contributed by atoms with Crippen LogP contribution in [0.5, 0.6) is 0 Å². The highest BCUT2D eigenvalue weighted by atomic mass is 32.1. The van der Waals surface area contributed by atoms with Crippen molar-refractivity contribution >= 4 is 33.0 Å². The van der Waals surface area contributed by atoms with Crippen molar-refractivity contribution in [3.8, 4) is 0 Å². The molecule has 3 rings (SSSR count). The second kappa shape index (κ2) is 3.99. The van der Waals surface area contributed by atoms with Crippen LogP contribution in [0.3, 0.4) is 0 Å². The van der Waals surface area contributed by atoms with Crippen LogP contribution < -0.4 is 11.1 Å². The number of benzene rings is 1. The molecule has 4 heteroatoms. The van der Waals surface area contributed by atoms with E-state index in [1.54, 1.807) is 0 Å². The summed E-state index contributed by atoms with van der Waals surface area (Å²) in [4.78, 5) is 12.8. The van der Waals surface area contributed by atoms with Crippen LogP contribution in [-0.4, -0.2) is 12.5 Å². The molecule has 3 nitrogen and oxygen atoms in total. The summed E-state index contributed by atoms with van der Waals surface area (Å²) in [5.41, 5.74) is 6.82. The van der Waals surface area contributed by atoms with Gasteiger partial charge in [0.1, 0.15) is 0 Å². The molecule has 0 atom stereocenters. The van der Waals surface area contributed by atoms with Crippen molar-refractivity contribution in [1.29, 1.82) is 0 Å². The van der Waals surface area contributed by atoms with Crippen LogP contribution in [0.25, 0.3) is 10.1 Å². The van der Waals surface area contributed by atoms with Gasteiger partial charge in [0.25, 0.3) is 5.91 Å². The maximum Gasteiger partial charge on any atom is 0.261 e. The summed E-state index contributed by atoms with van der Waals surface area (Å²) in [5, 5.41) is 4.06. The largest absolute Gasteiger partial charge is 0.399 e. The molecule has 0 radical (unpaired) electrons. The molecule has 1 fully saturated rings. The van der Waals surface area contributed by atoms with Crippen LogP contribution in [-0.2, 0) is 0 Å². The second-order valence-corrected chi connectivity index (χ2v) is 6.49. The number of nitrogens with two attached hydrogens (primary N) is 1. The summed E-state index contributed by atoms with van der Waals surface area (Å²) in [6.07, 6.45) is 2.44. The Kier molecular flexibility index (Phi) is 2.55. The van der Waals surface area contributed by atoms with Gasteiger partial charge in [0.15, 0.2) is 0 Å². The highest BCUT2D eigenvalue weighted by Gasteiger charge is 2.37. The number of anilines is 1. The fraction of sp³-hybridized carbons (Fsp3) is 0.357. The van der Waals surface area contributed by atoms with Gasteiger partial charge in [-0.3, -0.25) is 4.79 Å². The molecule has 0 unspecified atom stereocenters. The summed E-state index contributed by atoms with van der Waals surface area (Å²) >= 11 is 1.52. The molecule has 0 spiro atoms. The first-order valence-corrected chi connectivity index (χ1v) is 6.95. The van der Waals surface area contributed by atoms with Gasteiger partial charge in [0.2, 0.25) is 0 Å². The lowest BCUT2D eigenvalue weighted by atomic mass is 10.1. The van der Waals surface area contributed by atoms with Crippen LogP contribution in [0.15, 0.2) is 24.3 Å². The van der Waals surface area contributed by atoms with E-state index in [1.807, 2.05) is 24.3 Å². The molecule has 1 aromatic carbocycles. The van der Waals surface area contributed by atoms with Gasteiger partial charge in [-0.25, -0.2) is 0 Å². The molecule has 1 aliphatic carbocycles. The molecule has 3 N–H and O–H groups in total. The predicted molar refractivity (Wildman–Crippen MR) is 75.9 cm³/mol. The van der Waals surface area contributed by atoms with Crippen molar-refractivity contribution in [2.45, 2.75) is 19.8 Å². The molecular formula is C14H16N2OS. The topological polar surface area (TPSA) is 55.1 Å². The fourth-order valence-corrected chi connectivity index (χ4v) is 2.90. The quantitative estimate of drug-likeness (QED) is 0.833. The molecule has 18 heavy (non-hydrogen) atoms. The van der Waals surface area contributed by atoms with E-state index in [9.17, 15) is 4.79 Å². The lowest BCUT2D eigenvalue weighted by Gasteiger charge is -2.08. The minimum atomic E-state index is 0.0305. The normalized spacial score (nSPS) is 16.7. The van der Waals surface area contributed by atoms with Gasteiger partial charge in [0.05, 0.1) is 4.88 Å². The third-order valence-electron chi connectivity index (χ3n) is 3.54. The number of nitrogen functional groups attached to an aromatic ring is 1. The zero-order chi connectivity index (χ0) is 12.8. The molecule has 0 saturated heterocycles. The van der Waals surface area contributed by atoms with Crippen LogP contribution in [0, 0.1) is 5.41 Å². The van der Waals surface area contributed by atoms with E-state index >= 15 is 0 Å². The van der Waals surface area contributed by atoms with Gasteiger partial charge in [-0.1, -0.05) is 6.92 Å². The molecule has 94 valence electrons. The van der Waals surface area contributed by atoms with Gasteiger partial charge in [-0.15, -0.1) is 11.3 Å². The van der Waals surface area contributed by atoms with E-state index in [0.717, 1.165) is 27.2 Å². The van der Waals surface area contributed by atoms with Crippen molar-refractivity contribution < 1.29 is 4.79 Å². The average Bonchev–Trinajstić information content (AvgIpc) is 2.92. The third kappa shape index (κ3) is 2.20. The van der Waals surface area contributed by atoms with E-state index in [4.69, 9.17) is 5.73 Å². The standard InChI is InChI=1S/C14H16N2OS/c1-14(4-5-14)8-16-13(17)12-7-9-6-10(15)2-3-11(9)18-12/h2-3,6-7H,4-5,8,15H2,1H3,(H,16,17). The summed E-state index contributed by atoms with van der Waals surface area (Å²) in [6.45, 7) is 2.99. The molecule has 0 aliphatic heterocycles. The number of carbonyl (C=O) groups excluding carboxylic acids is 1. The first-order valence-electron chi connectivity index (χ1n) is 6.13. The molecule has 0 bridgehead atoms. The fourth-order valence-electron chi connectivity index (χ4n) is 1.94. The second-order valence-electron chi connectivity index (χ2n) is 5.40. The minimum absolute atomic E-state index is 0.0305. The minimum Gasteiger partial charge on any atom is -0.399 e. The first kappa shape index (κ1) is 11.5. The van der Waals surface area contributed by atoms with Crippen molar-refractivity contribution in [1.82, 2.24) is 5.32 Å². The number of thiophene rings is 1. The van der Waals surface area contributed by atoms with E-state index < -0.39 is 0 Å². The zero-order valence-corrected chi connectivity index (χ0v) is 11.1. The van der Waals surface area contributed by atoms with Gasteiger partial charge in [-0.2, -0.15) is 0 Å². The Bertz CT molecular complexity index is 613. The van der Waals surface area contributed by atoms with Crippen molar-refractivity contribution in [3.63, 3.8) is 0 Å². The molecule has 1 heterocycles. The summed E-state index contributed by atoms with van der Waals surface area (Å²) in [6, 6.07) is 7.66. The average molecular weight is 260 g/mol. The number of nitrogens with one attached hydrogen (secondary N) is 1. The van der Waals surface area contributed by atoms with Crippen molar-refractivity contribution in [3.05, 3.63) is 29.1 Å². The Hall–Kier alpha value is -1.55. The highest BCUT2D eigenvalue weighted by Crippen LogP contribution is 2.44. The Morgan fingerprint density at radius 3 is 2.94 bits per heavy atom. The molecule has 1 aliphatic rings. The SMILES string of the molecule is CC1(CNC(=O)c2cc3cc(N)ccc3s2)CC1. The van der Waals surface area contributed by atoms with E-state index in [1.165, 1.54) is 24.2 Å². The first-order chi connectivity index (χ1) is 8.56. The number of hydrogen-bond donors (Lipinski definition) is 2. The van der Waals surface area contributed by atoms with Crippen LogP contribution in [0.2, 0.25) is 0 Å². The maximum atomic E-state index is 12.0. The number of hydrogen-bond acceptors (Lipinski definition) is 3. The van der Waals surface area contributed by atoms with E-state index in [-0.39, 0.29) is 5.91 Å². The lowest BCUT2D eigenvalue weighted by molar-refractivity contribution is 0.0950. The summed E-state index contributed by atoms with van der Waals surface area (Å²) in [5.74, 6) is 0.0305. The molecular weight excluding hydrogens is 244 g/mol. The molecule has 1 saturated carbocycles. The lowest BCUT2D eigenvalue weighted by Crippen LogP contribution is -2.28. The van der Waals surface area contributed by atoms with Gasteiger partial charge in [-0.05, 0) is 47.9 Å². The number of amides is 1. The summed E-state index contributed by atoms with van der Waals surface area (Å²) in [7, 11) is 0. The van der Waals surface area contributed by atoms with Gasteiger partial charge in [0, 0.05) is 16.9 Å². The van der Waals surface area contributed by atoms with Gasteiger partial charge < -0.3 is 11.1 Å². The monoisotopic (exact) mass is 260 g/mol. The molecule has 1 amide bonds. The van der Waals surface area contributed by atoms with E-state index in [0.29, 0.717) is 5.41 Å². The zero-order valence-electron chi connectivity index (χ0n) is 10.3. The Balaban J connectivity index is 1.78. The predicted octanol–water partition coefficient (Wildman–Crippen LogP) is 3.01. The molecule has 2 aromatic rings. The third-order valence-corrected chi connectivity index (χ3v) is 4.66. The van der Waals surface area contributed by atoms with Crippen LogP contribution >= 0.6 is 11.3 Å². The number of rotatable bonds is 3. The van der Waals surface area contributed by atoms with Crippen molar-refractivity contribution in [2.24, 2.45) is 5.41 Å². The highest BCUT2D eigenvalue weighted by molar-refractivity contribution is 7.20. The summed E-state index contributed by atoms with van der Waals surface area (Å²) < 4.78 is 1.10. The van der Waals surface area contributed by atoms with Crippen LogP contribution in [0.4, 0.5) is 5.69 Å². The smallest absolute Gasteiger partial charge is 0.261 e.